The summed E-state index contributed by atoms with van der Waals surface area (Å²) in [6.07, 6.45) is 0. The number of urea groups is 1. The summed E-state index contributed by atoms with van der Waals surface area (Å²) >= 11 is 1.18. The molecule has 0 fully saturated rings. The second-order valence-corrected chi connectivity index (χ2v) is 4.14. The zero-order chi connectivity index (χ0) is 11.4. The Labute approximate surface area is 91.1 Å². The van der Waals surface area contributed by atoms with Gasteiger partial charge in [0.05, 0.1) is 5.56 Å². The Hall–Kier alpha value is -1.56. The maximum absolute atomic E-state index is 11.3. The maximum Gasteiger partial charge on any atom is 0.338 e. The molecule has 0 aliphatic carbocycles. The number of carboxylic acids is 1. The van der Waals surface area contributed by atoms with Gasteiger partial charge < -0.3 is 10.4 Å². The van der Waals surface area contributed by atoms with Gasteiger partial charge in [0.25, 0.3) is 0 Å². The van der Waals surface area contributed by atoms with E-state index in [1.807, 2.05) is 13.8 Å². The fraction of sp³-hybridized carbons (Fsp3) is 0.333. The number of nitrogens with one attached hydrogen (secondary N) is 2. The predicted octanol–water partition coefficient (Wildman–Crippen LogP) is 1.98. The van der Waals surface area contributed by atoms with Crippen molar-refractivity contribution in [2.24, 2.45) is 0 Å². The number of amides is 2. The Balaban J connectivity index is 2.68. The fourth-order valence-electron chi connectivity index (χ4n) is 0.976. The van der Waals surface area contributed by atoms with E-state index in [4.69, 9.17) is 5.11 Å². The zero-order valence-electron chi connectivity index (χ0n) is 8.40. The van der Waals surface area contributed by atoms with E-state index in [1.165, 1.54) is 17.4 Å². The molecule has 0 aromatic carbocycles. The summed E-state index contributed by atoms with van der Waals surface area (Å²) in [7, 11) is 0. The van der Waals surface area contributed by atoms with E-state index >= 15 is 0 Å². The van der Waals surface area contributed by atoms with Crippen LogP contribution in [0, 0.1) is 0 Å². The van der Waals surface area contributed by atoms with Crippen molar-refractivity contribution < 1.29 is 14.7 Å². The Morgan fingerprint density at radius 2 is 2.13 bits per heavy atom. The Bertz CT molecular complexity index is 373. The molecule has 1 heterocycles. The van der Waals surface area contributed by atoms with Gasteiger partial charge in [-0.2, -0.15) is 0 Å². The van der Waals surface area contributed by atoms with Gasteiger partial charge in [-0.1, -0.05) is 0 Å². The molecule has 0 unspecified atom stereocenters. The quantitative estimate of drug-likeness (QED) is 0.740. The molecule has 1 rings (SSSR count). The molecule has 0 saturated carbocycles. The normalized spacial score (nSPS) is 10.1. The third kappa shape index (κ3) is 3.25. The van der Waals surface area contributed by atoms with Crippen molar-refractivity contribution in [1.82, 2.24) is 5.32 Å². The second kappa shape index (κ2) is 4.79. The number of hydrogen-bond donors (Lipinski definition) is 3. The summed E-state index contributed by atoms with van der Waals surface area (Å²) in [6.45, 7) is 3.65. The number of carbonyl (C=O) groups is 2. The topological polar surface area (TPSA) is 78.4 Å². The molecule has 1 aromatic rings. The number of hydrogen-bond acceptors (Lipinski definition) is 3. The fourth-order valence-corrected chi connectivity index (χ4v) is 1.75. The first-order valence-electron chi connectivity index (χ1n) is 4.39. The molecule has 82 valence electrons. The summed E-state index contributed by atoms with van der Waals surface area (Å²) in [5.74, 6) is -1.05. The number of carbonyl (C=O) groups excluding carboxylic acids is 1. The van der Waals surface area contributed by atoms with Crippen LogP contribution >= 0.6 is 11.3 Å². The number of rotatable bonds is 3. The van der Waals surface area contributed by atoms with Crippen LogP contribution in [-0.4, -0.2) is 23.1 Å². The van der Waals surface area contributed by atoms with E-state index in [0.29, 0.717) is 5.00 Å². The van der Waals surface area contributed by atoms with Gasteiger partial charge in [-0.05, 0) is 25.3 Å². The van der Waals surface area contributed by atoms with E-state index in [-0.39, 0.29) is 11.6 Å². The van der Waals surface area contributed by atoms with Crippen LogP contribution in [0.1, 0.15) is 24.2 Å². The molecule has 3 N–H and O–H groups in total. The first-order valence-corrected chi connectivity index (χ1v) is 5.27. The molecule has 0 aliphatic heterocycles. The molecule has 0 saturated heterocycles. The van der Waals surface area contributed by atoms with Crippen molar-refractivity contribution in [2.75, 3.05) is 5.32 Å². The summed E-state index contributed by atoms with van der Waals surface area (Å²) in [4.78, 5) is 22.0. The molecule has 0 radical (unpaired) electrons. The van der Waals surface area contributed by atoms with Crippen molar-refractivity contribution >= 4 is 28.3 Å². The van der Waals surface area contributed by atoms with Crippen LogP contribution in [0.2, 0.25) is 0 Å². The lowest BCUT2D eigenvalue weighted by Gasteiger charge is -2.09. The van der Waals surface area contributed by atoms with Crippen LogP contribution in [-0.2, 0) is 0 Å². The minimum Gasteiger partial charge on any atom is -0.478 e. The van der Waals surface area contributed by atoms with Crippen LogP contribution in [0.5, 0.6) is 0 Å². The second-order valence-electron chi connectivity index (χ2n) is 3.22. The Morgan fingerprint density at radius 3 is 2.67 bits per heavy atom. The summed E-state index contributed by atoms with van der Waals surface area (Å²) < 4.78 is 0. The van der Waals surface area contributed by atoms with Gasteiger partial charge in [-0.25, -0.2) is 9.59 Å². The summed E-state index contributed by atoms with van der Waals surface area (Å²) in [5.41, 5.74) is 0.110. The average molecular weight is 228 g/mol. The molecule has 2 amide bonds. The highest BCUT2D eigenvalue weighted by molar-refractivity contribution is 7.14. The van der Waals surface area contributed by atoms with Crippen molar-refractivity contribution in [3.05, 3.63) is 17.0 Å². The highest BCUT2D eigenvalue weighted by Gasteiger charge is 2.13. The Morgan fingerprint density at radius 1 is 1.47 bits per heavy atom. The number of aromatic carboxylic acids is 1. The molecular formula is C9H12N2O3S. The van der Waals surface area contributed by atoms with Gasteiger partial charge >= 0.3 is 12.0 Å². The molecule has 0 spiro atoms. The van der Waals surface area contributed by atoms with Crippen LogP contribution in [0.15, 0.2) is 11.4 Å². The van der Waals surface area contributed by atoms with Crippen LogP contribution in [0.4, 0.5) is 9.80 Å². The highest BCUT2D eigenvalue weighted by atomic mass is 32.1. The molecule has 0 atom stereocenters. The molecule has 0 aliphatic rings. The molecule has 5 nitrogen and oxygen atoms in total. The lowest BCUT2D eigenvalue weighted by Crippen LogP contribution is -2.34. The predicted molar refractivity (Wildman–Crippen MR) is 58.6 cm³/mol. The highest BCUT2D eigenvalue weighted by Crippen LogP contribution is 2.22. The molecular weight excluding hydrogens is 216 g/mol. The summed E-state index contributed by atoms with van der Waals surface area (Å²) in [5, 5.41) is 15.9. The summed E-state index contributed by atoms with van der Waals surface area (Å²) in [6, 6.07) is 1.08. The number of thiophene rings is 1. The smallest absolute Gasteiger partial charge is 0.338 e. The van der Waals surface area contributed by atoms with Gasteiger partial charge in [-0.3, -0.25) is 5.32 Å². The first-order chi connectivity index (χ1) is 7.00. The average Bonchev–Trinajstić information content (AvgIpc) is 2.50. The molecule has 15 heavy (non-hydrogen) atoms. The van der Waals surface area contributed by atoms with E-state index in [0.717, 1.165) is 0 Å². The van der Waals surface area contributed by atoms with Gasteiger partial charge in [-0.15, -0.1) is 11.3 Å². The van der Waals surface area contributed by atoms with Crippen molar-refractivity contribution in [3.8, 4) is 0 Å². The maximum atomic E-state index is 11.3. The van der Waals surface area contributed by atoms with E-state index in [9.17, 15) is 9.59 Å². The number of anilines is 1. The van der Waals surface area contributed by atoms with E-state index in [1.54, 1.807) is 5.38 Å². The Kier molecular flexibility index (Phi) is 3.68. The zero-order valence-corrected chi connectivity index (χ0v) is 9.22. The largest absolute Gasteiger partial charge is 0.478 e. The van der Waals surface area contributed by atoms with Crippen molar-refractivity contribution in [3.63, 3.8) is 0 Å². The van der Waals surface area contributed by atoms with Gasteiger partial charge in [0.1, 0.15) is 5.00 Å². The van der Waals surface area contributed by atoms with E-state index in [2.05, 4.69) is 10.6 Å². The SMILES string of the molecule is CC(C)NC(=O)Nc1sccc1C(=O)O. The van der Waals surface area contributed by atoms with E-state index < -0.39 is 12.0 Å². The first kappa shape index (κ1) is 11.5. The van der Waals surface area contributed by atoms with Gasteiger partial charge in [0.15, 0.2) is 0 Å². The minimum absolute atomic E-state index is 0.0123. The lowest BCUT2D eigenvalue weighted by molar-refractivity contribution is 0.0698. The molecule has 6 heteroatoms. The van der Waals surface area contributed by atoms with Gasteiger partial charge in [0.2, 0.25) is 0 Å². The van der Waals surface area contributed by atoms with Crippen LogP contribution in [0.3, 0.4) is 0 Å². The lowest BCUT2D eigenvalue weighted by atomic mass is 10.3. The monoisotopic (exact) mass is 228 g/mol. The van der Waals surface area contributed by atoms with Crippen LogP contribution < -0.4 is 10.6 Å². The van der Waals surface area contributed by atoms with Crippen LogP contribution in [0.25, 0.3) is 0 Å². The van der Waals surface area contributed by atoms with Crippen molar-refractivity contribution in [1.29, 1.82) is 0 Å². The third-order valence-corrected chi connectivity index (χ3v) is 2.37. The number of carboxylic acid groups (broad SMARTS) is 1. The third-order valence-electron chi connectivity index (χ3n) is 1.54. The standard InChI is InChI=1S/C9H12N2O3S/c1-5(2)10-9(14)11-7-6(8(12)13)3-4-15-7/h3-5H,1-2H3,(H,12,13)(H2,10,11,14). The minimum atomic E-state index is -1.05. The van der Waals surface area contributed by atoms with Crippen molar-refractivity contribution in [2.45, 2.75) is 19.9 Å². The van der Waals surface area contributed by atoms with Gasteiger partial charge in [0, 0.05) is 6.04 Å². The molecule has 1 aromatic heterocycles. The molecule has 0 bridgehead atoms.